The lowest BCUT2D eigenvalue weighted by molar-refractivity contribution is -0.892. The van der Waals surface area contributed by atoms with E-state index in [0.29, 0.717) is 19.5 Å². The number of hydrogen-bond acceptors (Lipinski definition) is 2. The molecule has 24 heavy (non-hydrogen) atoms. The summed E-state index contributed by atoms with van der Waals surface area (Å²) in [5.74, 6) is 0. The number of carboxylic acid groups (broad SMARTS) is 1. The van der Waals surface area contributed by atoms with Crippen molar-refractivity contribution in [1.82, 2.24) is 5.32 Å². The van der Waals surface area contributed by atoms with Crippen LogP contribution in [0.5, 0.6) is 0 Å². The van der Waals surface area contributed by atoms with Crippen molar-refractivity contribution in [3.05, 3.63) is 35.4 Å². The fraction of sp³-hybridized carbons (Fsp3) is 0.588. The molecule has 1 heterocycles. The standard InChI is InChI=1S/C17H23F3N2O2/c1-16(2,3)22(15(23)24)9-8-13(11-22)21-10-12-6-4-5-7-14(12)17(18,19)20/h4-7,13,21H,8-11H2,1-3H3/p+1/t13-,22?/m1/s1. The Labute approximate surface area is 139 Å². The van der Waals surface area contributed by atoms with E-state index in [2.05, 4.69) is 5.32 Å². The topological polar surface area (TPSA) is 49.3 Å². The molecule has 0 bridgehead atoms. The third-order valence-electron chi connectivity index (χ3n) is 4.95. The Bertz CT molecular complexity index is 611. The summed E-state index contributed by atoms with van der Waals surface area (Å²) in [6, 6.07) is 5.34. The first kappa shape index (κ1) is 18.7. The van der Waals surface area contributed by atoms with Gasteiger partial charge < -0.3 is 10.4 Å². The molecule has 1 aliphatic heterocycles. The number of halogens is 3. The Morgan fingerprint density at radius 2 is 1.92 bits per heavy atom. The number of benzene rings is 1. The predicted octanol–water partition coefficient (Wildman–Crippen LogP) is 3.86. The zero-order valence-electron chi connectivity index (χ0n) is 14.2. The first-order valence-corrected chi connectivity index (χ1v) is 7.96. The molecule has 4 nitrogen and oxygen atoms in total. The Morgan fingerprint density at radius 3 is 2.42 bits per heavy atom. The fourth-order valence-corrected chi connectivity index (χ4v) is 3.38. The average molecular weight is 345 g/mol. The normalized spacial score (nSPS) is 25.0. The van der Waals surface area contributed by atoms with Crippen LogP contribution in [0.15, 0.2) is 24.3 Å². The third kappa shape index (κ3) is 3.57. The van der Waals surface area contributed by atoms with Crippen LogP contribution >= 0.6 is 0 Å². The van der Waals surface area contributed by atoms with Crippen LogP contribution in [-0.4, -0.2) is 40.4 Å². The van der Waals surface area contributed by atoms with E-state index >= 15 is 0 Å². The summed E-state index contributed by atoms with van der Waals surface area (Å²) >= 11 is 0. The monoisotopic (exact) mass is 345 g/mol. The van der Waals surface area contributed by atoms with E-state index in [4.69, 9.17) is 0 Å². The van der Waals surface area contributed by atoms with Crippen LogP contribution in [0.25, 0.3) is 0 Å². The summed E-state index contributed by atoms with van der Waals surface area (Å²) in [5, 5.41) is 12.8. The molecule has 2 atom stereocenters. The molecule has 1 saturated heterocycles. The minimum absolute atomic E-state index is 0.0735. The first-order chi connectivity index (χ1) is 11.0. The van der Waals surface area contributed by atoms with Gasteiger partial charge in [0.1, 0.15) is 12.1 Å². The van der Waals surface area contributed by atoms with Gasteiger partial charge in [0.25, 0.3) is 0 Å². The van der Waals surface area contributed by atoms with E-state index in [1.807, 2.05) is 20.8 Å². The molecule has 0 spiro atoms. The van der Waals surface area contributed by atoms with Crippen LogP contribution in [0.2, 0.25) is 0 Å². The molecule has 1 fully saturated rings. The van der Waals surface area contributed by atoms with Gasteiger partial charge in [-0.1, -0.05) is 18.2 Å². The molecule has 134 valence electrons. The zero-order chi connectivity index (χ0) is 18.2. The lowest BCUT2D eigenvalue weighted by Crippen LogP contribution is -2.62. The summed E-state index contributed by atoms with van der Waals surface area (Å²) in [4.78, 5) is 11.8. The van der Waals surface area contributed by atoms with Crippen LogP contribution in [0.4, 0.5) is 18.0 Å². The second-order valence-electron chi connectivity index (χ2n) is 7.35. The molecule has 2 rings (SSSR count). The van der Waals surface area contributed by atoms with Gasteiger partial charge in [0.15, 0.2) is 0 Å². The molecule has 7 heteroatoms. The maximum atomic E-state index is 13.0. The average Bonchev–Trinajstić information content (AvgIpc) is 2.90. The van der Waals surface area contributed by atoms with Gasteiger partial charge in [-0.25, -0.2) is 4.48 Å². The van der Waals surface area contributed by atoms with Gasteiger partial charge in [-0.3, -0.25) is 0 Å². The molecule has 1 aliphatic rings. The highest BCUT2D eigenvalue weighted by Crippen LogP contribution is 2.33. The Balaban J connectivity index is 2.09. The Hall–Kier alpha value is -1.60. The number of quaternary nitrogens is 1. The van der Waals surface area contributed by atoms with Crippen molar-refractivity contribution in [3.8, 4) is 0 Å². The van der Waals surface area contributed by atoms with Gasteiger partial charge >= 0.3 is 12.3 Å². The van der Waals surface area contributed by atoms with Gasteiger partial charge in [0.05, 0.1) is 18.2 Å². The van der Waals surface area contributed by atoms with E-state index in [0.717, 1.165) is 6.07 Å². The third-order valence-corrected chi connectivity index (χ3v) is 4.95. The Morgan fingerprint density at radius 1 is 1.29 bits per heavy atom. The molecule has 0 radical (unpaired) electrons. The van der Waals surface area contributed by atoms with Crippen molar-refractivity contribution in [3.63, 3.8) is 0 Å². The summed E-state index contributed by atoms with van der Waals surface area (Å²) in [7, 11) is 0. The minimum Gasteiger partial charge on any atom is -0.435 e. The number of nitrogens with one attached hydrogen (secondary N) is 1. The molecular weight excluding hydrogens is 321 g/mol. The van der Waals surface area contributed by atoms with Gasteiger partial charge in [-0.15, -0.1) is 0 Å². The van der Waals surface area contributed by atoms with E-state index < -0.39 is 23.4 Å². The van der Waals surface area contributed by atoms with Crippen molar-refractivity contribution in [1.29, 1.82) is 0 Å². The largest absolute Gasteiger partial charge is 0.514 e. The van der Waals surface area contributed by atoms with Crippen molar-refractivity contribution < 1.29 is 27.6 Å². The zero-order valence-corrected chi connectivity index (χ0v) is 14.2. The second kappa shape index (κ2) is 6.37. The van der Waals surface area contributed by atoms with Gasteiger partial charge in [-0.05, 0) is 32.4 Å². The van der Waals surface area contributed by atoms with Gasteiger partial charge in [0, 0.05) is 13.0 Å². The van der Waals surface area contributed by atoms with Gasteiger partial charge in [0.2, 0.25) is 0 Å². The molecule has 0 aliphatic carbocycles. The van der Waals surface area contributed by atoms with Crippen LogP contribution in [0.1, 0.15) is 38.3 Å². The molecular formula is C17H24F3N2O2+. The molecule has 1 aromatic rings. The number of amides is 1. The van der Waals surface area contributed by atoms with E-state index in [1.54, 1.807) is 6.07 Å². The molecule has 1 amide bonds. The molecule has 2 N–H and O–H groups in total. The number of alkyl halides is 3. The quantitative estimate of drug-likeness (QED) is 0.818. The lowest BCUT2D eigenvalue weighted by atomic mass is 10.0. The summed E-state index contributed by atoms with van der Waals surface area (Å²) in [6.07, 6.45) is -4.65. The van der Waals surface area contributed by atoms with E-state index in [-0.39, 0.29) is 22.6 Å². The number of likely N-dealkylation sites (tertiary alicyclic amines) is 1. The number of hydrogen-bond donors (Lipinski definition) is 2. The van der Waals surface area contributed by atoms with Crippen molar-refractivity contribution in [2.24, 2.45) is 0 Å². The van der Waals surface area contributed by atoms with E-state index in [1.165, 1.54) is 12.1 Å². The molecule has 1 unspecified atom stereocenters. The highest BCUT2D eigenvalue weighted by Gasteiger charge is 2.53. The maximum absolute atomic E-state index is 13.0. The van der Waals surface area contributed by atoms with Crippen molar-refractivity contribution in [2.75, 3.05) is 13.1 Å². The number of carbonyl (C=O) groups is 1. The maximum Gasteiger partial charge on any atom is 0.514 e. The summed E-state index contributed by atoms with van der Waals surface area (Å²) in [6.45, 7) is 6.54. The second-order valence-corrected chi connectivity index (χ2v) is 7.35. The highest BCUT2D eigenvalue weighted by atomic mass is 19.4. The lowest BCUT2D eigenvalue weighted by Gasteiger charge is -2.40. The SMILES string of the molecule is CC(C)(C)[N+]1(C(=O)O)CC[C@@H](NCc2ccccc2C(F)(F)F)C1. The molecule has 0 aromatic heterocycles. The Kier molecular flexibility index (Phi) is 4.97. The van der Waals surface area contributed by atoms with Crippen LogP contribution in [0, 0.1) is 0 Å². The summed E-state index contributed by atoms with van der Waals surface area (Å²) in [5.41, 5.74) is -0.932. The van der Waals surface area contributed by atoms with Crippen molar-refractivity contribution in [2.45, 2.75) is 51.5 Å². The van der Waals surface area contributed by atoms with Crippen LogP contribution < -0.4 is 5.32 Å². The van der Waals surface area contributed by atoms with E-state index in [9.17, 15) is 23.1 Å². The fourth-order valence-electron chi connectivity index (χ4n) is 3.38. The summed E-state index contributed by atoms with van der Waals surface area (Å²) < 4.78 is 39.0. The molecule has 0 saturated carbocycles. The first-order valence-electron chi connectivity index (χ1n) is 7.96. The molecule has 1 aromatic carbocycles. The number of rotatable bonds is 3. The van der Waals surface area contributed by atoms with Crippen LogP contribution in [-0.2, 0) is 12.7 Å². The van der Waals surface area contributed by atoms with Gasteiger partial charge in [-0.2, -0.15) is 18.0 Å². The number of nitrogens with zero attached hydrogens (tertiary/aromatic N) is 1. The predicted molar refractivity (Wildman–Crippen MR) is 84.5 cm³/mol. The smallest absolute Gasteiger partial charge is 0.435 e. The van der Waals surface area contributed by atoms with Crippen LogP contribution in [0.3, 0.4) is 0 Å². The van der Waals surface area contributed by atoms with Crippen molar-refractivity contribution >= 4 is 6.09 Å². The minimum atomic E-state index is -4.39. The highest BCUT2D eigenvalue weighted by molar-refractivity contribution is 5.57.